The van der Waals surface area contributed by atoms with Crippen LogP contribution in [0.5, 0.6) is 11.5 Å². The van der Waals surface area contributed by atoms with Crippen molar-refractivity contribution in [3.8, 4) is 11.5 Å². The summed E-state index contributed by atoms with van der Waals surface area (Å²) < 4.78 is 11.1. The minimum Gasteiger partial charge on any atom is -0.486 e. The Morgan fingerprint density at radius 2 is 1.96 bits per heavy atom. The van der Waals surface area contributed by atoms with E-state index >= 15 is 0 Å². The number of thioether (sulfide) groups is 1. The number of hydrogen-bond donors (Lipinski definition) is 0. The second-order valence-corrected chi connectivity index (χ2v) is 6.96. The van der Waals surface area contributed by atoms with Crippen molar-refractivity contribution in [3.05, 3.63) is 53.1 Å². The Kier molecular flexibility index (Phi) is 5.53. The molecule has 1 aliphatic rings. The zero-order chi connectivity index (χ0) is 16.9. The van der Waals surface area contributed by atoms with Gasteiger partial charge in [0.15, 0.2) is 11.5 Å². The third-order valence-corrected chi connectivity index (χ3v) is 4.82. The highest BCUT2D eigenvalue weighted by Gasteiger charge is 2.14. The first-order valence-electron chi connectivity index (χ1n) is 7.63. The average Bonchev–Trinajstić information content (AvgIpc) is 2.59. The highest BCUT2D eigenvalue weighted by atomic mass is 35.5. The number of halogens is 1. The molecule has 1 heterocycles. The molecule has 3 rings (SSSR count). The summed E-state index contributed by atoms with van der Waals surface area (Å²) in [6, 6.07) is 13.3. The molecule has 0 fully saturated rings. The number of carbonyl (C=O) groups is 1. The van der Waals surface area contributed by atoms with E-state index in [4.69, 9.17) is 21.1 Å². The van der Waals surface area contributed by atoms with Crippen LogP contribution < -0.4 is 9.47 Å². The van der Waals surface area contributed by atoms with Crippen molar-refractivity contribution < 1.29 is 14.3 Å². The standard InChI is InChI=1S/C18H18ClNO3S/c1-20(11-13-3-2-4-14(19)9-13)18(21)12-24-15-5-6-16-17(10-15)23-8-7-22-16/h2-6,9-10H,7-8,11-12H2,1H3. The van der Waals surface area contributed by atoms with Crippen LogP contribution >= 0.6 is 23.4 Å². The van der Waals surface area contributed by atoms with Gasteiger partial charge >= 0.3 is 0 Å². The Morgan fingerprint density at radius 1 is 1.17 bits per heavy atom. The molecule has 0 spiro atoms. The number of hydrogen-bond acceptors (Lipinski definition) is 4. The maximum Gasteiger partial charge on any atom is 0.232 e. The summed E-state index contributed by atoms with van der Waals surface area (Å²) in [5.74, 6) is 1.94. The van der Waals surface area contributed by atoms with E-state index in [1.54, 1.807) is 11.9 Å². The fourth-order valence-electron chi connectivity index (χ4n) is 2.37. The van der Waals surface area contributed by atoms with Gasteiger partial charge < -0.3 is 14.4 Å². The molecule has 24 heavy (non-hydrogen) atoms. The Bertz CT molecular complexity index is 738. The normalized spacial score (nSPS) is 12.8. The minimum atomic E-state index is 0.0647. The van der Waals surface area contributed by atoms with Gasteiger partial charge in [-0.2, -0.15) is 0 Å². The van der Waals surface area contributed by atoms with Crippen LogP contribution in [-0.2, 0) is 11.3 Å². The molecule has 4 nitrogen and oxygen atoms in total. The van der Waals surface area contributed by atoms with Crippen molar-refractivity contribution >= 4 is 29.3 Å². The molecule has 0 saturated carbocycles. The largest absolute Gasteiger partial charge is 0.486 e. The molecule has 0 radical (unpaired) electrons. The van der Waals surface area contributed by atoms with E-state index in [-0.39, 0.29) is 5.91 Å². The van der Waals surface area contributed by atoms with Crippen molar-refractivity contribution in [2.45, 2.75) is 11.4 Å². The topological polar surface area (TPSA) is 38.8 Å². The van der Waals surface area contributed by atoms with Gasteiger partial charge in [-0.15, -0.1) is 11.8 Å². The monoisotopic (exact) mass is 363 g/mol. The van der Waals surface area contributed by atoms with E-state index in [0.717, 1.165) is 22.0 Å². The van der Waals surface area contributed by atoms with Crippen molar-refractivity contribution in [2.24, 2.45) is 0 Å². The van der Waals surface area contributed by atoms with E-state index in [1.807, 2.05) is 42.5 Å². The van der Waals surface area contributed by atoms with Crippen molar-refractivity contribution in [3.63, 3.8) is 0 Å². The lowest BCUT2D eigenvalue weighted by atomic mass is 10.2. The summed E-state index contributed by atoms with van der Waals surface area (Å²) in [5.41, 5.74) is 1.02. The number of ether oxygens (including phenoxy) is 2. The summed E-state index contributed by atoms with van der Waals surface area (Å²) in [7, 11) is 1.80. The summed E-state index contributed by atoms with van der Waals surface area (Å²) >= 11 is 7.47. The molecule has 0 atom stereocenters. The highest BCUT2D eigenvalue weighted by Crippen LogP contribution is 2.34. The van der Waals surface area contributed by atoms with Crippen molar-refractivity contribution in [1.82, 2.24) is 4.90 Å². The van der Waals surface area contributed by atoms with Crippen LogP contribution in [0.15, 0.2) is 47.4 Å². The Labute approximate surface area is 150 Å². The van der Waals surface area contributed by atoms with Crippen LogP contribution in [0.1, 0.15) is 5.56 Å². The Hall–Kier alpha value is -1.85. The predicted molar refractivity (Wildman–Crippen MR) is 96.1 cm³/mol. The number of carbonyl (C=O) groups excluding carboxylic acids is 1. The van der Waals surface area contributed by atoms with E-state index in [1.165, 1.54) is 11.8 Å². The summed E-state index contributed by atoms with van der Waals surface area (Å²) in [4.78, 5) is 15.0. The third-order valence-electron chi connectivity index (χ3n) is 3.61. The van der Waals surface area contributed by atoms with Gasteiger partial charge in [-0.25, -0.2) is 0 Å². The Morgan fingerprint density at radius 3 is 2.75 bits per heavy atom. The van der Waals surface area contributed by atoms with Crippen LogP contribution in [-0.4, -0.2) is 36.8 Å². The molecular weight excluding hydrogens is 346 g/mol. The van der Waals surface area contributed by atoms with E-state index in [9.17, 15) is 4.79 Å². The van der Waals surface area contributed by atoms with Gasteiger partial charge in [-0.1, -0.05) is 23.7 Å². The maximum atomic E-state index is 12.3. The second kappa shape index (κ2) is 7.81. The molecule has 0 saturated heterocycles. The fraction of sp³-hybridized carbons (Fsp3) is 0.278. The molecule has 1 aliphatic heterocycles. The fourth-order valence-corrected chi connectivity index (χ4v) is 3.44. The maximum absolute atomic E-state index is 12.3. The number of benzene rings is 2. The molecule has 0 aromatic heterocycles. The third kappa shape index (κ3) is 4.36. The van der Waals surface area contributed by atoms with E-state index < -0.39 is 0 Å². The summed E-state index contributed by atoms with van der Waals surface area (Å²) in [6.07, 6.45) is 0. The van der Waals surface area contributed by atoms with Gasteiger partial charge in [0.2, 0.25) is 5.91 Å². The van der Waals surface area contributed by atoms with Gasteiger partial charge in [-0.05, 0) is 35.9 Å². The molecule has 2 aromatic carbocycles. The molecule has 2 aromatic rings. The number of fused-ring (bicyclic) bond motifs is 1. The Balaban J connectivity index is 1.55. The lowest BCUT2D eigenvalue weighted by Crippen LogP contribution is -2.27. The first-order chi connectivity index (χ1) is 11.6. The van der Waals surface area contributed by atoms with E-state index in [2.05, 4.69) is 0 Å². The average molecular weight is 364 g/mol. The van der Waals surface area contributed by atoms with Gasteiger partial charge in [0.1, 0.15) is 13.2 Å². The minimum absolute atomic E-state index is 0.0647. The number of nitrogens with zero attached hydrogens (tertiary/aromatic N) is 1. The number of rotatable bonds is 5. The zero-order valence-corrected chi connectivity index (χ0v) is 14.9. The molecule has 6 heteroatoms. The number of amides is 1. The lowest BCUT2D eigenvalue weighted by Gasteiger charge is -2.19. The first-order valence-corrected chi connectivity index (χ1v) is 8.99. The second-order valence-electron chi connectivity index (χ2n) is 5.47. The molecule has 126 valence electrons. The summed E-state index contributed by atoms with van der Waals surface area (Å²) in [5, 5.41) is 0.680. The quantitative estimate of drug-likeness (QED) is 0.756. The highest BCUT2D eigenvalue weighted by molar-refractivity contribution is 8.00. The summed E-state index contributed by atoms with van der Waals surface area (Å²) in [6.45, 7) is 1.68. The van der Waals surface area contributed by atoms with Crippen LogP contribution in [0.2, 0.25) is 5.02 Å². The van der Waals surface area contributed by atoms with Crippen LogP contribution in [0.25, 0.3) is 0 Å². The van der Waals surface area contributed by atoms with E-state index in [0.29, 0.717) is 30.5 Å². The predicted octanol–water partition coefficient (Wildman–Crippen LogP) is 3.86. The van der Waals surface area contributed by atoms with Gasteiger partial charge in [-0.3, -0.25) is 4.79 Å². The van der Waals surface area contributed by atoms with Crippen LogP contribution in [0, 0.1) is 0 Å². The molecule has 0 bridgehead atoms. The molecular formula is C18H18ClNO3S. The molecule has 0 aliphatic carbocycles. The van der Waals surface area contributed by atoms with Gasteiger partial charge in [0.05, 0.1) is 5.75 Å². The SMILES string of the molecule is CN(Cc1cccc(Cl)c1)C(=O)CSc1ccc2c(c1)OCCO2. The lowest BCUT2D eigenvalue weighted by molar-refractivity contribution is -0.127. The molecule has 0 N–H and O–H groups in total. The van der Waals surface area contributed by atoms with Crippen molar-refractivity contribution in [1.29, 1.82) is 0 Å². The molecule has 0 unspecified atom stereocenters. The van der Waals surface area contributed by atoms with Crippen LogP contribution in [0.3, 0.4) is 0 Å². The zero-order valence-electron chi connectivity index (χ0n) is 13.3. The van der Waals surface area contributed by atoms with Gasteiger partial charge in [0, 0.05) is 23.5 Å². The van der Waals surface area contributed by atoms with Gasteiger partial charge in [0.25, 0.3) is 0 Å². The smallest absolute Gasteiger partial charge is 0.232 e. The molecule has 1 amide bonds. The first kappa shape index (κ1) is 17.0. The van der Waals surface area contributed by atoms with Crippen molar-refractivity contribution in [2.75, 3.05) is 26.0 Å². The van der Waals surface area contributed by atoms with Crippen LogP contribution in [0.4, 0.5) is 0 Å².